The summed E-state index contributed by atoms with van der Waals surface area (Å²) < 4.78 is 16.7. The third-order valence-corrected chi connectivity index (χ3v) is 4.05. The first-order valence-electron chi connectivity index (χ1n) is 7.71. The van der Waals surface area contributed by atoms with E-state index in [-0.39, 0.29) is 6.10 Å². The Kier molecular flexibility index (Phi) is 5.15. The normalized spacial score (nSPS) is 19.0. The van der Waals surface area contributed by atoms with Crippen LogP contribution in [0.5, 0.6) is 5.75 Å². The minimum Gasteiger partial charge on any atom is -0.494 e. The molecule has 0 spiro atoms. The summed E-state index contributed by atoms with van der Waals surface area (Å²) in [5, 5.41) is 8.63. The van der Waals surface area contributed by atoms with Crippen LogP contribution in [0.25, 0.3) is 0 Å². The van der Waals surface area contributed by atoms with Crippen LogP contribution >= 0.6 is 11.6 Å². The average molecular weight is 338 g/mol. The molecule has 0 amide bonds. The maximum Gasteiger partial charge on any atom is 0.246 e. The number of nitrogens with zero attached hydrogens (tertiary/aromatic N) is 3. The van der Waals surface area contributed by atoms with E-state index >= 15 is 0 Å². The van der Waals surface area contributed by atoms with E-state index < -0.39 is 0 Å². The third-order valence-electron chi connectivity index (χ3n) is 3.70. The highest BCUT2D eigenvalue weighted by atomic mass is 35.5. The lowest BCUT2D eigenvalue weighted by atomic mass is 10.1. The molecule has 0 aliphatic carbocycles. The second-order valence-electron chi connectivity index (χ2n) is 5.44. The van der Waals surface area contributed by atoms with Gasteiger partial charge in [-0.3, -0.25) is 4.90 Å². The molecule has 3 rings (SSSR count). The van der Waals surface area contributed by atoms with Gasteiger partial charge in [0.15, 0.2) is 0 Å². The van der Waals surface area contributed by atoms with Crippen LogP contribution in [0.3, 0.4) is 0 Å². The average Bonchev–Trinajstić information content (AvgIpc) is 2.97. The van der Waals surface area contributed by atoms with Gasteiger partial charge >= 0.3 is 0 Å². The third kappa shape index (κ3) is 4.02. The molecule has 0 bridgehead atoms. The van der Waals surface area contributed by atoms with E-state index in [1.54, 1.807) is 6.92 Å². The van der Waals surface area contributed by atoms with Crippen molar-refractivity contribution in [3.8, 4) is 5.75 Å². The van der Waals surface area contributed by atoms with Crippen molar-refractivity contribution in [1.29, 1.82) is 0 Å². The van der Waals surface area contributed by atoms with E-state index in [1.165, 1.54) is 0 Å². The number of aromatic nitrogens is 2. The molecule has 1 atom stereocenters. The van der Waals surface area contributed by atoms with Gasteiger partial charge < -0.3 is 13.9 Å². The summed E-state index contributed by atoms with van der Waals surface area (Å²) in [7, 11) is 0. The van der Waals surface area contributed by atoms with Gasteiger partial charge in [0.05, 0.1) is 13.2 Å². The second kappa shape index (κ2) is 7.29. The van der Waals surface area contributed by atoms with Crippen LogP contribution in [0.2, 0.25) is 5.02 Å². The van der Waals surface area contributed by atoms with Crippen molar-refractivity contribution < 1.29 is 13.9 Å². The SMILES string of the molecule is CCOc1ccc(CN2CCOC(c3nnc(C)o3)C2)c(Cl)c1. The van der Waals surface area contributed by atoms with E-state index in [0.29, 0.717) is 36.6 Å². The number of ether oxygens (including phenoxy) is 2. The molecule has 1 aliphatic rings. The maximum absolute atomic E-state index is 6.36. The Balaban J connectivity index is 1.65. The van der Waals surface area contributed by atoms with E-state index in [0.717, 1.165) is 24.4 Å². The molecular weight excluding hydrogens is 318 g/mol. The Bertz CT molecular complexity index is 662. The van der Waals surface area contributed by atoms with Crippen molar-refractivity contribution in [2.45, 2.75) is 26.5 Å². The molecule has 23 heavy (non-hydrogen) atoms. The highest BCUT2D eigenvalue weighted by Crippen LogP contribution is 2.26. The van der Waals surface area contributed by atoms with Crippen molar-refractivity contribution in [3.05, 3.63) is 40.6 Å². The summed E-state index contributed by atoms with van der Waals surface area (Å²) in [6.45, 7) is 7.27. The Morgan fingerprint density at radius 1 is 1.39 bits per heavy atom. The largest absolute Gasteiger partial charge is 0.494 e. The van der Waals surface area contributed by atoms with Gasteiger partial charge in [-0.05, 0) is 24.6 Å². The van der Waals surface area contributed by atoms with Crippen LogP contribution in [0.1, 0.15) is 30.4 Å². The van der Waals surface area contributed by atoms with Gasteiger partial charge in [-0.2, -0.15) is 0 Å². The predicted molar refractivity (Wildman–Crippen MR) is 85.6 cm³/mol. The molecule has 1 aliphatic heterocycles. The van der Waals surface area contributed by atoms with Gasteiger partial charge in [0.2, 0.25) is 11.8 Å². The van der Waals surface area contributed by atoms with Gasteiger partial charge in [-0.1, -0.05) is 17.7 Å². The molecule has 7 heteroatoms. The number of aryl methyl sites for hydroxylation is 1. The number of benzene rings is 1. The zero-order valence-electron chi connectivity index (χ0n) is 13.3. The van der Waals surface area contributed by atoms with Crippen molar-refractivity contribution in [1.82, 2.24) is 15.1 Å². The molecule has 6 nitrogen and oxygen atoms in total. The first kappa shape index (κ1) is 16.2. The summed E-state index contributed by atoms with van der Waals surface area (Å²) in [6, 6.07) is 5.82. The highest BCUT2D eigenvalue weighted by Gasteiger charge is 2.26. The molecule has 2 heterocycles. The van der Waals surface area contributed by atoms with Crippen LogP contribution < -0.4 is 4.74 Å². The van der Waals surface area contributed by atoms with Crippen LogP contribution in [0.15, 0.2) is 22.6 Å². The Hall–Kier alpha value is -1.63. The summed E-state index contributed by atoms with van der Waals surface area (Å²) in [5.74, 6) is 1.88. The highest BCUT2D eigenvalue weighted by molar-refractivity contribution is 6.31. The van der Waals surface area contributed by atoms with Crippen molar-refractivity contribution >= 4 is 11.6 Å². The maximum atomic E-state index is 6.36. The van der Waals surface area contributed by atoms with E-state index in [4.69, 9.17) is 25.5 Å². The number of rotatable bonds is 5. The first-order valence-corrected chi connectivity index (χ1v) is 8.08. The summed E-state index contributed by atoms with van der Waals surface area (Å²) in [5.41, 5.74) is 1.07. The van der Waals surface area contributed by atoms with Gasteiger partial charge in [-0.15, -0.1) is 10.2 Å². The fourth-order valence-electron chi connectivity index (χ4n) is 2.59. The quantitative estimate of drug-likeness (QED) is 0.835. The van der Waals surface area contributed by atoms with Gasteiger partial charge in [0.1, 0.15) is 11.9 Å². The second-order valence-corrected chi connectivity index (χ2v) is 5.85. The molecule has 2 aromatic rings. The Morgan fingerprint density at radius 2 is 2.26 bits per heavy atom. The monoisotopic (exact) mass is 337 g/mol. The number of hydrogen-bond acceptors (Lipinski definition) is 6. The van der Waals surface area contributed by atoms with Crippen LogP contribution in [-0.2, 0) is 11.3 Å². The molecule has 1 unspecified atom stereocenters. The zero-order chi connectivity index (χ0) is 16.2. The molecule has 0 N–H and O–H groups in total. The number of morpholine rings is 1. The van der Waals surface area contributed by atoms with Crippen LogP contribution in [-0.4, -0.2) is 41.4 Å². The van der Waals surface area contributed by atoms with Gasteiger partial charge in [-0.25, -0.2) is 0 Å². The topological polar surface area (TPSA) is 60.6 Å². The van der Waals surface area contributed by atoms with Gasteiger partial charge in [0.25, 0.3) is 0 Å². The minimum absolute atomic E-state index is 0.188. The number of hydrogen-bond donors (Lipinski definition) is 0. The summed E-state index contributed by atoms with van der Waals surface area (Å²) >= 11 is 6.36. The lowest BCUT2D eigenvalue weighted by molar-refractivity contribution is -0.0457. The van der Waals surface area contributed by atoms with Crippen molar-refractivity contribution in [3.63, 3.8) is 0 Å². The molecule has 1 fully saturated rings. The molecule has 124 valence electrons. The van der Waals surface area contributed by atoms with Crippen LogP contribution in [0.4, 0.5) is 0 Å². The predicted octanol–water partition coefficient (Wildman–Crippen LogP) is 3.00. The molecule has 0 radical (unpaired) electrons. The first-order chi connectivity index (χ1) is 11.2. The van der Waals surface area contributed by atoms with Gasteiger partial charge in [0, 0.05) is 31.6 Å². The molecule has 1 aromatic carbocycles. The Labute approximate surface area is 140 Å². The fourth-order valence-corrected chi connectivity index (χ4v) is 2.82. The molecule has 0 saturated carbocycles. The smallest absolute Gasteiger partial charge is 0.246 e. The van der Waals surface area contributed by atoms with E-state index in [2.05, 4.69) is 15.1 Å². The lowest BCUT2D eigenvalue weighted by Crippen LogP contribution is -2.38. The molecule has 1 saturated heterocycles. The van der Waals surface area contributed by atoms with Crippen LogP contribution in [0, 0.1) is 6.92 Å². The van der Waals surface area contributed by atoms with E-state index in [9.17, 15) is 0 Å². The summed E-state index contributed by atoms with van der Waals surface area (Å²) in [6.07, 6.45) is -0.188. The molecular formula is C16H20ClN3O3. The Morgan fingerprint density at radius 3 is 2.96 bits per heavy atom. The lowest BCUT2D eigenvalue weighted by Gasteiger charge is -2.31. The summed E-state index contributed by atoms with van der Waals surface area (Å²) in [4.78, 5) is 2.27. The number of halogens is 1. The fraction of sp³-hybridized carbons (Fsp3) is 0.500. The van der Waals surface area contributed by atoms with Crippen molar-refractivity contribution in [2.75, 3.05) is 26.3 Å². The molecule has 1 aromatic heterocycles. The van der Waals surface area contributed by atoms with Crippen molar-refractivity contribution in [2.24, 2.45) is 0 Å². The zero-order valence-corrected chi connectivity index (χ0v) is 14.0. The standard InChI is InChI=1S/C16H20ClN3O3/c1-3-21-13-5-4-12(14(17)8-13)9-20-6-7-22-15(10-20)16-19-18-11(2)23-16/h4-5,8,15H,3,6-7,9-10H2,1-2H3. The van der Waals surface area contributed by atoms with E-state index in [1.807, 2.05) is 25.1 Å². The minimum atomic E-state index is -0.188.